The summed E-state index contributed by atoms with van der Waals surface area (Å²) in [6.07, 6.45) is 11.1. The van der Waals surface area contributed by atoms with Gasteiger partial charge in [0.25, 0.3) is 0 Å². The molecule has 2 N–H and O–H groups in total. The molecule has 6 aliphatic rings. The Kier molecular flexibility index (Phi) is 6.87. The van der Waals surface area contributed by atoms with Crippen LogP contribution in [0.1, 0.15) is 82.3 Å². The molecule has 0 amide bonds. The van der Waals surface area contributed by atoms with Crippen molar-refractivity contribution in [2.75, 3.05) is 40.1 Å². The van der Waals surface area contributed by atoms with Gasteiger partial charge in [-0.2, -0.15) is 0 Å². The van der Waals surface area contributed by atoms with Crippen molar-refractivity contribution in [2.24, 2.45) is 17.3 Å². The van der Waals surface area contributed by atoms with Gasteiger partial charge in [0.15, 0.2) is 11.6 Å². The number of benzene rings is 1. The lowest BCUT2D eigenvalue weighted by atomic mass is 9.51. The van der Waals surface area contributed by atoms with Crippen LogP contribution in [0.5, 0.6) is 0 Å². The van der Waals surface area contributed by atoms with E-state index in [4.69, 9.17) is 23.7 Å². The van der Waals surface area contributed by atoms with Crippen molar-refractivity contribution in [3.05, 3.63) is 58.7 Å². The van der Waals surface area contributed by atoms with Crippen molar-refractivity contribution in [2.45, 2.75) is 93.9 Å². The predicted octanol–water partition coefficient (Wildman–Crippen LogP) is 5.11. The van der Waals surface area contributed by atoms with Crippen LogP contribution in [0.15, 0.2) is 47.6 Å². The lowest BCUT2D eigenvalue weighted by molar-refractivity contribution is -0.227. The molecule has 7 nitrogen and oxygen atoms in total. The van der Waals surface area contributed by atoms with Crippen molar-refractivity contribution in [3.8, 4) is 0 Å². The summed E-state index contributed by atoms with van der Waals surface area (Å²) in [6, 6.07) is 8.27. The van der Waals surface area contributed by atoms with Crippen LogP contribution in [0.4, 0.5) is 0 Å². The number of fused-ring (bicyclic) bond motifs is 4. The van der Waals surface area contributed by atoms with Gasteiger partial charge in [0.05, 0.1) is 50.2 Å². The van der Waals surface area contributed by atoms with Gasteiger partial charge in [-0.25, -0.2) is 0 Å². The van der Waals surface area contributed by atoms with E-state index in [0.29, 0.717) is 44.7 Å². The van der Waals surface area contributed by atoms with Gasteiger partial charge in [0.1, 0.15) is 0 Å². The summed E-state index contributed by atoms with van der Waals surface area (Å²) in [7, 11) is 1.82. The van der Waals surface area contributed by atoms with E-state index in [0.717, 1.165) is 56.1 Å². The maximum Gasteiger partial charge on any atom is 0.192 e. The molecule has 2 unspecified atom stereocenters. The lowest BCUT2D eigenvalue weighted by Crippen LogP contribution is -2.59. The lowest BCUT2D eigenvalue weighted by Gasteiger charge is -2.58. The summed E-state index contributed by atoms with van der Waals surface area (Å²) < 4.78 is 31.5. The van der Waals surface area contributed by atoms with Gasteiger partial charge >= 0.3 is 0 Å². The fourth-order valence-electron chi connectivity index (χ4n) is 10.2. The number of ether oxygens (including phenoxy) is 5. The summed E-state index contributed by atoms with van der Waals surface area (Å²) in [5.74, 6) is -1.20. The first kappa shape index (κ1) is 28.2. The van der Waals surface area contributed by atoms with Crippen LogP contribution < -0.4 is 0 Å². The maximum absolute atomic E-state index is 13.0. The molecule has 0 radical (unpaired) electrons. The van der Waals surface area contributed by atoms with Crippen LogP contribution in [-0.4, -0.2) is 67.3 Å². The smallest absolute Gasteiger partial charge is 0.192 e. The first-order valence-corrected chi connectivity index (χ1v) is 15.7. The molecule has 41 heavy (non-hydrogen) atoms. The molecule has 0 bridgehead atoms. The highest BCUT2D eigenvalue weighted by Gasteiger charge is 2.66. The van der Waals surface area contributed by atoms with Crippen molar-refractivity contribution in [1.29, 1.82) is 0 Å². The Bertz CT molecular complexity index is 1230. The monoisotopic (exact) mass is 566 g/mol. The summed E-state index contributed by atoms with van der Waals surface area (Å²) in [5.41, 5.74) is 3.21. The Morgan fingerprint density at radius 3 is 2.39 bits per heavy atom. The molecule has 7 heteroatoms. The second kappa shape index (κ2) is 9.98. The normalized spacial score (nSPS) is 41.1. The molecule has 5 fully saturated rings. The number of methoxy groups -OCH3 is 1. The predicted molar refractivity (Wildman–Crippen MR) is 153 cm³/mol. The second-order valence-electron chi connectivity index (χ2n) is 13.5. The number of aliphatic hydroxyl groups is 2. The highest BCUT2D eigenvalue weighted by molar-refractivity contribution is 5.46. The average molecular weight is 567 g/mol. The van der Waals surface area contributed by atoms with Crippen molar-refractivity contribution in [1.82, 2.24) is 0 Å². The maximum atomic E-state index is 13.0. The third kappa shape index (κ3) is 3.89. The number of rotatable bonds is 5. The van der Waals surface area contributed by atoms with Gasteiger partial charge < -0.3 is 33.9 Å². The summed E-state index contributed by atoms with van der Waals surface area (Å²) in [6.45, 7) is 6.58. The fourth-order valence-corrected chi connectivity index (χ4v) is 10.2. The topological polar surface area (TPSA) is 86.6 Å². The largest absolute Gasteiger partial charge is 0.392 e. The highest BCUT2D eigenvalue weighted by Crippen LogP contribution is 2.67. The van der Waals surface area contributed by atoms with Gasteiger partial charge in [-0.1, -0.05) is 48.9 Å². The molecule has 7 rings (SSSR count). The SMILES string of the molecule is CO[C@@]1(/C=C\CO)CC[C@H]2[C@@H]3CC[C@]4(O)C(=C3CCC21C)CCC1(OCCO1)C4c1ccccc1C1(C)OCCO1. The molecule has 2 aliphatic heterocycles. The molecule has 1 aromatic rings. The molecule has 2 heterocycles. The van der Waals surface area contributed by atoms with Crippen molar-refractivity contribution < 1.29 is 33.9 Å². The first-order chi connectivity index (χ1) is 19.8. The number of hydrogen-bond acceptors (Lipinski definition) is 7. The zero-order valence-electron chi connectivity index (χ0n) is 24.8. The first-order valence-electron chi connectivity index (χ1n) is 15.7. The summed E-state index contributed by atoms with van der Waals surface area (Å²) >= 11 is 0. The highest BCUT2D eigenvalue weighted by atomic mass is 16.7. The Morgan fingerprint density at radius 1 is 0.927 bits per heavy atom. The van der Waals surface area contributed by atoms with E-state index in [9.17, 15) is 10.2 Å². The Morgan fingerprint density at radius 2 is 1.66 bits per heavy atom. The van der Waals surface area contributed by atoms with Crippen molar-refractivity contribution >= 4 is 0 Å². The van der Waals surface area contributed by atoms with Gasteiger partial charge in [-0.15, -0.1) is 0 Å². The fraction of sp³-hybridized carbons (Fsp3) is 0.706. The number of allylic oxidation sites excluding steroid dienone is 1. The minimum absolute atomic E-state index is 0.0110. The zero-order chi connectivity index (χ0) is 28.5. The second-order valence-corrected chi connectivity index (χ2v) is 13.5. The van der Waals surface area contributed by atoms with E-state index in [1.165, 1.54) is 11.1 Å². The molecule has 3 saturated carbocycles. The molecular weight excluding hydrogens is 520 g/mol. The van der Waals surface area contributed by atoms with Crippen LogP contribution >= 0.6 is 0 Å². The van der Waals surface area contributed by atoms with Gasteiger partial charge in [0, 0.05) is 24.5 Å². The standard InChI is InChI=1S/C34H46O7/c1-30-14-9-24-23(26(30)11-15-32(30,37-3)13-6-18-35)10-16-33(36)28(24)12-17-34(40-21-22-41-34)29(33)25-7-4-5-8-27(25)31(2)38-19-20-39-31/h4-8,13,23,26,29,35-36H,9-12,14-22H2,1-3H3/b13-6-/t23-,26+,29?,30?,32+,33+/m1/s1. The number of hydrogen-bond donors (Lipinski definition) is 2. The minimum Gasteiger partial charge on any atom is -0.392 e. The Hall–Kier alpha value is -1.58. The zero-order valence-corrected chi connectivity index (χ0v) is 24.8. The average Bonchev–Trinajstić information content (AvgIpc) is 3.70. The molecule has 2 saturated heterocycles. The molecular formula is C34H46O7. The van der Waals surface area contributed by atoms with E-state index in [-0.39, 0.29) is 23.5 Å². The third-order valence-corrected chi connectivity index (χ3v) is 12.1. The molecule has 1 aromatic carbocycles. The Labute approximate surface area is 243 Å². The molecule has 224 valence electrons. The van der Waals surface area contributed by atoms with E-state index in [1.54, 1.807) is 0 Å². The molecule has 0 aromatic heterocycles. The van der Waals surface area contributed by atoms with Gasteiger partial charge in [0.2, 0.25) is 0 Å². The number of aliphatic hydroxyl groups excluding tert-OH is 1. The molecule has 4 aliphatic carbocycles. The van der Waals surface area contributed by atoms with E-state index < -0.39 is 17.2 Å². The van der Waals surface area contributed by atoms with E-state index in [1.807, 2.05) is 32.2 Å². The molecule has 1 spiro atoms. The summed E-state index contributed by atoms with van der Waals surface area (Å²) in [4.78, 5) is 0. The summed E-state index contributed by atoms with van der Waals surface area (Å²) in [5, 5.41) is 22.6. The van der Waals surface area contributed by atoms with Crippen LogP contribution in [0.25, 0.3) is 0 Å². The molecule has 6 atom stereocenters. The van der Waals surface area contributed by atoms with Crippen LogP contribution in [0, 0.1) is 17.3 Å². The van der Waals surface area contributed by atoms with Crippen molar-refractivity contribution in [3.63, 3.8) is 0 Å². The Balaban J connectivity index is 1.32. The quantitative estimate of drug-likeness (QED) is 0.479. The third-order valence-electron chi connectivity index (χ3n) is 12.1. The van der Waals surface area contributed by atoms with Gasteiger partial charge in [-0.3, -0.25) is 0 Å². The van der Waals surface area contributed by atoms with Crippen LogP contribution in [-0.2, 0) is 29.5 Å². The van der Waals surface area contributed by atoms with Gasteiger partial charge in [-0.05, 0) is 74.8 Å². The van der Waals surface area contributed by atoms with Crippen LogP contribution in [0.3, 0.4) is 0 Å². The van der Waals surface area contributed by atoms with Crippen LogP contribution in [0.2, 0.25) is 0 Å². The van der Waals surface area contributed by atoms with E-state index >= 15 is 0 Å². The minimum atomic E-state index is -1.07. The van der Waals surface area contributed by atoms with E-state index in [2.05, 4.69) is 25.1 Å².